The Labute approximate surface area is 113 Å². The number of rotatable bonds is 4. The van der Waals surface area contributed by atoms with Crippen LogP contribution in [-0.4, -0.2) is 5.78 Å². The molecule has 0 atom stereocenters. The third-order valence-electron chi connectivity index (χ3n) is 3.29. The number of aryl methyl sites for hydroxylation is 2. The Kier molecular flexibility index (Phi) is 4.10. The van der Waals surface area contributed by atoms with Crippen LogP contribution < -0.4 is 0 Å². The van der Waals surface area contributed by atoms with E-state index in [-0.39, 0.29) is 11.6 Å². The monoisotopic (exact) mass is 256 g/mol. The van der Waals surface area contributed by atoms with E-state index < -0.39 is 0 Å². The molecular formula is C17H17FO. The van der Waals surface area contributed by atoms with Crippen LogP contribution in [0.5, 0.6) is 0 Å². The fourth-order valence-electron chi connectivity index (χ4n) is 2.03. The highest BCUT2D eigenvalue weighted by Crippen LogP contribution is 2.12. The van der Waals surface area contributed by atoms with E-state index in [1.165, 1.54) is 23.3 Å². The first-order valence-electron chi connectivity index (χ1n) is 6.37. The summed E-state index contributed by atoms with van der Waals surface area (Å²) in [6.07, 6.45) is 0.783. The molecule has 1 nitrogen and oxygen atoms in total. The highest BCUT2D eigenvalue weighted by Gasteiger charge is 2.06. The van der Waals surface area contributed by atoms with E-state index in [1.54, 1.807) is 12.1 Å². The second-order valence-electron chi connectivity index (χ2n) is 4.94. The molecule has 98 valence electrons. The van der Waals surface area contributed by atoms with Crippen molar-refractivity contribution in [3.8, 4) is 0 Å². The average molecular weight is 256 g/mol. The third-order valence-corrected chi connectivity index (χ3v) is 3.29. The molecule has 0 spiro atoms. The Morgan fingerprint density at radius 1 is 0.895 bits per heavy atom. The van der Waals surface area contributed by atoms with E-state index in [0.717, 1.165) is 11.1 Å². The summed E-state index contributed by atoms with van der Waals surface area (Å²) in [7, 11) is 0. The van der Waals surface area contributed by atoms with Gasteiger partial charge in [0.1, 0.15) is 11.6 Å². The number of hydrogen-bond acceptors (Lipinski definition) is 1. The molecule has 0 saturated heterocycles. The van der Waals surface area contributed by atoms with Crippen molar-refractivity contribution in [3.63, 3.8) is 0 Å². The standard InChI is InChI=1S/C17H17FO/c1-12-3-4-15(9-13(12)2)11-17(19)10-14-5-7-16(18)8-6-14/h3-9H,10-11H2,1-2H3. The first-order valence-corrected chi connectivity index (χ1v) is 6.37. The lowest BCUT2D eigenvalue weighted by atomic mass is 10.00. The molecule has 0 N–H and O–H groups in total. The van der Waals surface area contributed by atoms with Crippen molar-refractivity contribution in [2.24, 2.45) is 0 Å². The van der Waals surface area contributed by atoms with Crippen molar-refractivity contribution in [2.45, 2.75) is 26.7 Å². The van der Waals surface area contributed by atoms with Gasteiger partial charge in [-0.3, -0.25) is 4.79 Å². The lowest BCUT2D eigenvalue weighted by molar-refractivity contribution is -0.117. The van der Waals surface area contributed by atoms with Crippen LogP contribution in [0.15, 0.2) is 42.5 Å². The molecule has 0 amide bonds. The van der Waals surface area contributed by atoms with Crippen LogP contribution >= 0.6 is 0 Å². The number of Topliss-reactive ketones (excluding diaryl/α,β-unsaturated/α-hetero) is 1. The molecule has 0 saturated carbocycles. The Balaban J connectivity index is 2.01. The third kappa shape index (κ3) is 3.75. The predicted octanol–water partition coefficient (Wildman–Crippen LogP) is 3.80. The van der Waals surface area contributed by atoms with Crippen LogP contribution in [0.1, 0.15) is 22.3 Å². The van der Waals surface area contributed by atoms with Gasteiger partial charge in [-0.15, -0.1) is 0 Å². The summed E-state index contributed by atoms with van der Waals surface area (Å²) in [5.74, 6) is -0.125. The van der Waals surface area contributed by atoms with E-state index in [0.29, 0.717) is 12.8 Å². The van der Waals surface area contributed by atoms with Crippen LogP contribution in [-0.2, 0) is 17.6 Å². The zero-order valence-corrected chi connectivity index (χ0v) is 11.2. The molecule has 2 heteroatoms. The molecule has 0 radical (unpaired) electrons. The summed E-state index contributed by atoms with van der Waals surface area (Å²) >= 11 is 0. The van der Waals surface area contributed by atoms with Gasteiger partial charge in [-0.05, 0) is 48.2 Å². The lowest BCUT2D eigenvalue weighted by Gasteiger charge is -2.05. The molecule has 2 aromatic rings. The first kappa shape index (κ1) is 13.5. The zero-order chi connectivity index (χ0) is 13.8. The first-order chi connectivity index (χ1) is 9.04. The molecule has 0 heterocycles. The van der Waals surface area contributed by atoms with Gasteiger partial charge in [0, 0.05) is 12.8 Å². The van der Waals surface area contributed by atoms with E-state index in [1.807, 2.05) is 19.1 Å². The summed E-state index contributed by atoms with van der Waals surface area (Å²) in [5.41, 5.74) is 4.33. The van der Waals surface area contributed by atoms with Crippen molar-refractivity contribution in [1.82, 2.24) is 0 Å². The molecule has 2 aromatic carbocycles. The normalized spacial score (nSPS) is 10.5. The second-order valence-corrected chi connectivity index (χ2v) is 4.94. The van der Waals surface area contributed by atoms with Crippen molar-refractivity contribution in [3.05, 3.63) is 70.5 Å². The predicted molar refractivity (Wildman–Crippen MR) is 74.7 cm³/mol. The number of halogens is 1. The Morgan fingerprint density at radius 2 is 1.47 bits per heavy atom. The maximum atomic E-state index is 12.8. The lowest BCUT2D eigenvalue weighted by Crippen LogP contribution is -2.06. The SMILES string of the molecule is Cc1ccc(CC(=O)Cc2ccc(F)cc2)cc1C. The van der Waals surface area contributed by atoms with Gasteiger partial charge in [-0.1, -0.05) is 30.3 Å². The summed E-state index contributed by atoms with van der Waals surface area (Å²) in [6, 6.07) is 12.2. The smallest absolute Gasteiger partial charge is 0.141 e. The van der Waals surface area contributed by atoms with Gasteiger partial charge in [0.2, 0.25) is 0 Å². The summed E-state index contributed by atoms with van der Waals surface area (Å²) in [5, 5.41) is 0. The van der Waals surface area contributed by atoms with E-state index in [2.05, 4.69) is 13.0 Å². The van der Waals surface area contributed by atoms with Gasteiger partial charge >= 0.3 is 0 Å². The molecule has 0 aliphatic rings. The molecule has 2 rings (SSSR count). The van der Waals surface area contributed by atoms with Crippen molar-refractivity contribution in [2.75, 3.05) is 0 Å². The molecule has 0 fully saturated rings. The van der Waals surface area contributed by atoms with Gasteiger partial charge in [0.25, 0.3) is 0 Å². The van der Waals surface area contributed by atoms with Crippen molar-refractivity contribution in [1.29, 1.82) is 0 Å². The minimum Gasteiger partial charge on any atom is -0.299 e. The van der Waals surface area contributed by atoms with Gasteiger partial charge in [0.05, 0.1) is 0 Å². The fourth-order valence-corrected chi connectivity index (χ4v) is 2.03. The maximum absolute atomic E-state index is 12.8. The van der Waals surface area contributed by atoms with E-state index in [9.17, 15) is 9.18 Å². The summed E-state index contributed by atoms with van der Waals surface area (Å²) in [6.45, 7) is 4.10. The molecule has 0 bridgehead atoms. The minimum atomic E-state index is -0.273. The maximum Gasteiger partial charge on any atom is 0.141 e. The zero-order valence-electron chi connectivity index (χ0n) is 11.2. The largest absolute Gasteiger partial charge is 0.299 e. The highest BCUT2D eigenvalue weighted by molar-refractivity contribution is 5.83. The van der Waals surface area contributed by atoms with E-state index in [4.69, 9.17) is 0 Å². The fraction of sp³-hybridized carbons (Fsp3) is 0.235. The molecular weight excluding hydrogens is 239 g/mol. The Bertz CT molecular complexity index is 585. The van der Waals surface area contributed by atoms with E-state index >= 15 is 0 Å². The van der Waals surface area contributed by atoms with Crippen LogP contribution in [0.3, 0.4) is 0 Å². The molecule has 0 aromatic heterocycles. The van der Waals surface area contributed by atoms with Crippen LogP contribution in [0.4, 0.5) is 4.39 Å². The quantitative estimate of drug-likeness (QED) is 0.813. The van der Waals surface area contributed by atoms with Gasteiger partial charge in [-0.2, -0.15) is 0 Å². The van der Waals surface area contributed by atoms with Gasteiger partial charge in [0.15, 0.2) is 0 Å². The number of carbonyl (C=O) groups is 1. The Morgan fingerprint density at radius 3 is 2.11 bits per heavy atom. The highest BCUT2D eigenvalue weighted by atomic mass is 19.1. The van der Waals surface area contributed by atoms with Crippen LogP contribution in [0, 0.1) is 19.7 Å². The molecule has 0 aliphatic carbocycles. The number of benzene rings is 2. The molecule has 0 aliphatic heterocycles. The number of carbonyl (C=O) groups excluding carboxylic acids is 1. The van der Waals surface area contributed by atoms with Gasteiger partial charge < -0.3 is 0 Å². The van der Waals surface area contributed by atoms with Crippen LogP contribution in [0.2, 0.25) is 0 Å². The Hall–Kier alpha value is -1.96. The van der Waals surface area contributed by atoms with Crippen molar-refractivity contribution < 1.29 is 9.18 Å². The summed E-state index contributed by atoms with van der Waals surface area (Å²) < 4.78 is 12.8. The van der Waals surface area contributed by atoms with Gasteiger partial charge in [-0.25, -0.2) is 4.39 Å². The number of ketones is 1. The molecule has 0 unspecified atom stereocenters. The molecule has 19 heavy (non-hydrogen) atoms. The number of hydrogen-bond donors (Lipinski definition) is 0. The minimum absolute atomic E-state index is 0.148. The summed E-state index contributed by atoms with van der Waals surface area (Å²) in [4.78, 5) is 12.0. The second kappa shape index (κ2) is 5.79. The average Bonchev–Trinajstić information content (AvgIpc) is 2.37. The van der Waals surface area contributed by atoms with Crippen molar-refractivity contribution >= 4 is 5.78 Å². The van der Waals surface area contributed by atoms with Crippen LogP contribution in [0.25, 0.3) is 0 Å². The topological polar surface area (TPSA) is 17.1 Å².